The summed E-state index contributed by atoms with van der Waals surface area (Å²) < 4.78 is 0. The van der Waals surface area contributed by atoms with Crippen LogP contribution in [0.2, 0.25) is 0 Å². The molecule has 1 aliphatic carbocycles. The molecule has 112 valence electrons. The maximum absolute atomic E-state index is 2.80. The second-order valence-corrected chi connectivity index (χ2v) is 9.05. The van der Waals surface area contributed by atoms with Gasteiger partial charge in [-0.05, 0) is 83.1 Å². The van der Waals surface area contributed by atoms with Gasteiger partial charge in [-0.2, -0.15) is 0 Å². The van der Waals surface area contributed by atoms with Crippen molar-refractivity contribution in [1.82, 2.24) is 4.90 Å². The van der Waals surface area contributed by atoms with Gasteiger partial charge in [0, 0.05) is 11.6 Å². The van der Waals surface area contributed by atoms with Crippen molar-refractivity contribution in [2.24, 2.45) is 17.3 Å². The fourth-order valence-electron chi connectivity index (χ4n) is 4.49. The molecule has 1 aliphatic heterocycles. The van der Waals surface area contributed by atoms with Crippen molar-refractivity contribution >= 4 is 0 Å². The molecule has 1 saturated carbocycles. The highest BCUT2D eigenvalue weighted by molar-refractivity contribution is 4.94. The van der Waals surface area contributed by atoms with E-state index < -0.39 is 0 Å². The summed E-state index contributed by atoms with van der Waals surface area (Å²) in [6.07, 6.45) is 8.73. The van der Waals surface area contributed by atoms with Gasteiger partial charge in [0.25, 0.3) is 0 Å². The molecule has 0 aromatic heterocycles. The van der Waals surface area contributed by atoms with Crippen molar-refractivity contribution in [3.05, 3.63) is 0 Å². The van der Waals surface area contributed by atoms with Crippen LogP contribution >= 0.6 is 0 Å². The van der Waals surface area contributed by atoms with Crippen molar-refractivity contribution in [3.8, 4) is 0 Å². The molecule has 1 saturated heterocycles. The number of rotatable bonds is 1. The predicted molar refractivity (Wildman–Crippen MR) is 84.4 cm³/mol. The summed E-state index contributed by atoms with van der Waals surface area (Å²) in [7, 11) is 0. The Morgan fingerprint density at radius 2 is 1.37 bits per heavy atom. The van der Waals surface area contributed by atoms with E-state index in [4.69, 9.17) is 0 Å². The molecule has 1 unspecified atom stereocenters. The first-order chi connectivity index (χ1) is 8.69. The summed E-state index contributed by atoms with van der Waals surface area (Å²) in [6, 6.07) is 0.876. The Hall–Kier alpha value is -0.0400. The molecule has 2 rings (SSSR count). The molecule has 0 aromatic carbocycles. The number of hydrogen-bond acceptors (Lipinski definition) is 1. The third-order valence-corrected chi connectivity index (χ3v) is 5.70. The average Bonchev–Trinajstić information content (AvgIpc) is 2.76. The standard InChI is InChI=1S/C18H35N/c1-17(2,3)15-11-9-14(10-12-15)16-8-7-13-19(16)18(4,5)6/h14-16H,7-13H2,1-6H3. The largest absolute Gasteiger partial charge is 0.295 e. The molecule has 2 fully saturated rings. The molecule has 0 bridgehead atoms. The molecule has 1 atom stereocenters. The van der Waals surface area contributed by atoms with E-state index in [9.17, 15) is 0 Å². The fraction of sp³-hybridized carbons (Fsp3) is 1.00. The monoisotopic (exact) mass is 265 g/mol. The van der Waals surface area contributed by atoms with Gasteiger partial charge in [-0.15, -0.1) is 0 Å². The molecule has 0 radical (unpaired) electrons. The van der Waals surface area contributed by atoms with Gasteiger partial charge in [0.05, 0.1) is 0 Å². The van der Waals surface area contributed by atoms with Crippen LogP contribution < -0.4 is 0 Å². The predicted octanol–water partition coefficient (Wildman–Crippen LogP) is 5.10. The number of nitrogens with zero attached hydrogens (tertiary/aromatic N) is 1. The molecule has 19 heavy (non-hydrogen) atoms. The Labute approximate surface area is 121 Å². The highest BCUT2D eigenvalue weighted by atomic mass is 15.2. The summed E-state index contributed by atoms with van der Waals surface area (Å²) >= 11 is 0. The Morgan fingerprint density at radius 1 is 0.789 bits per heavy atom. The third kappa shape index (κ3) is 3.54. The summed E-state index contributed by atoms with van der Waals surface area (Å²) in [5.74, 6) is 1.92. The Morgan fingerprint density at radius 3 is 1.84 bits per heavy atom. The zero-order valence-electron chi connectivity index (χ0n) is 14.1. The highest BCUT2D eigenvalue weighted by Gasteiger charge is 2.40. The molecule has 1 heteroatoms. The van der Waals surface area contributed by atoms with Crippen LogP contribution in [-0.4, -0.2) is 23.0 Å². The highest BCUT2D eigenvalue weighted by Crippen LogP contribution is 2.44. The topological polar surface area (TPSA) is 3.24 Å². The van der Waals surface area contributed by atoms with Crippen LogP contribution in [-0.2, 0) is 0 Å². The fourth-order valence-corrected chi connectivity index (χ4v) is 4.49. The zero-order chi connectivity index (χ0) is 14.3. The van der Waals surface area contributed by atoms with E-state index in [1.54, 1.807) is 0 Å². The van der Waals surface area contributed by atoms with Crippen LogP contribution in [0.3, 0.4) is 0 Å². The Bertz CT molecular complexity index is 286. The molecule has 0 spiro atoms. The average molecular weight is 265 g/mol. The normalized spacial score (nSPS) is 34.7. The maximum atomic E-state index is 2.80. The van der Waals surface area contributed by atoms with Crippen molar-refractivity contribution in [2.75, 3.05) is 6.54 Å². The minimum atomic E-state index is 0.363. The summed E-state index contributed by atoms with van der Waals surface area (Å²) in [5, 5.41) is 0. The lowest BCUT2D eigenvalue weighted by atomic mass is 9.68. The van der Waals surface area contributed by atoms with Crippen molar-refractivity contribution in [1.29, 1.82) is 0 Å². The summed E-state index contributed by atoms with van der Waals surface area (Å²) in [5.41, 5.74) is 0.881. The van der Waals surface area contributed by atoms with E-state index >= 15 is 0 Å². The SMILES string of the molecule is CC(C)(C)C1CCC(C2CCCN2C(C)(C)C)CC1. The van der Waals surface area contributed by atoms with Gasteiger partial charge in [-0.1, -0.05) is 20.8 Å². The first kappa shape index (κ1) is 15.4. The lowest BCUT2D eigenvalue weighted by Crippen LogP contribution is -2.48. The van der Waals surface area contributed by atoms with Gasteiger partial charge in [-0.25, -0.2) is 0 Å². The molecule has 0 amide bonds. The number of hydrogen-bond donors (Lipinski definition) is 0. The van der Waals surface area contributed by atoms with Gasteiger partial charge >= 0.3 is 0 Å². The van der Waals surface area contributed by atoms with E-state index in [-0.39, 0.29) is 0 Å². The molecule has 2 aliphatic rings. The van der Waals surface area contributed by atoms with E-state index in [1.165, 1.54) is 45.1 Å². The Kier molecular flexibility index (Phi) is 4.35. The molecular weight excluding hydrogens is 230 g/mol. The second kappa shape index (κ2) is 5.39. The molecule has 0 N–H and O–H groups in total. The van der Waals surface area contributed by atoms with Gasteiger partial charge in [0.1, 0.15) is 0 Å². The first-order valence-corrected chi connectivity index (χ1v) is 8.46. The smallest absolute Gasteiger partial charge is 0.0129 e. The minimum absolute atomic E-state index is 0.363. The van der Waals surface area contributed by atoms with Crippen LogP contribution in [0.1, 0.15) is 80.1 Å². The Balaban J connectivity index is 1.94. The van der Waals surface area contributed by atoms with E-state index in [2.05, 4.69) is 46.4 Å². The minimum Gasteiger partial charge on any atom is -0.295 e. The van der Waals surface area contributed by atoms with Crippen molar-refractivity contribution < 1.29 is 0 Å². The molecular formula is C18H35N. The van der Waals surface area contributed by atoms with Crippen LogP contribution in [0.25, 0.3) is 0 Å². The van der Waals surface area contributed by atoms with Crippen molar-refractivity contribution in [2.45, 2.75) is 91.6 Å². The van der Waals surface area contributed by atoms with Gasteiger partial charge in [0.2, 0.25) is 0 Å². The molecule has 1 heterocycles. The van der Waals surface area contributed by atoms with Crippen LogP contribution in [0.15, 0.2) is 0 Å². The quantitative estimate of drug-likeness (QED) is 0.637. The summed E-state index contributed by atoms with van der Waals surface area (Å²) in [4.78, 5) is 2.80. The maximum Gasteiger partial charge on any atom is 0.0129 e. The second-order valence-electron chi connectivity index (χ2n) is 9.05. The lowest BCUT2D eigenvalue weighted by molar-refractivity contribution is 0.0519. The van der Waals surface area contributed by atoms with Gasteiger partial charge in [0.15, 0.2) is 0 Å². The van der Waals surface area contributed by atoms with Crippen LogP contribution in [0.5, 0.6) is 0 Å². The molecule has 0 aromatic rings. The van der Waals surface area contributed by atoms with E-state index in [0.717, 1.165) is 17.9 Å². The van der Waals surface area contributed by atoms with Gasteiger partial charge in [-0.3, -0.25) is 4.90 Å². The van der Waals surface area contributed by atoms with E-state index in [0.29, 0.717) is 11.0 Å². The summed E-state index contributed by atoms with van der Waals surface area (Å²) in [6.45, 7) is 15.8. The lowest BCUT2D eigenvalue weighted by Gasteiger charge is -2.44. The number of likely N-dealkylation sites (tertiary alicyclic amines) is 1. The van der Waals surface area contributed by atoms with Gasteiger partial charge < -0.3 is 0 Å². The van der Waals surface area contributed by atoms with Crippen LogP contribution in [0.4, 0.5) is 0 Å². The van der Waals surface area contributed by atoms with E-state index in [1.807, 2.05) is 0 Å². The molecule has 1 nitrogen and oxygen atoms in total. The van der Waals surface area contributed by atoms with Crippen LogP contribution in [0, 0.1) is 17.3 Å². The van der Waals surface area contributed by atoms with Crippen molar-refractivity contribution in [3.63, 3.8) is 0 Å². The third-order valence-electron chi connectivity index (χ3n) is 5.70. The first-order valence-electron chi connectivity index (χ1n) is 8.46. The zero-order valence-corrected chi connectivity index (χ0v) is 14.1.